The summed E-state index contributed by atoms with van der Waals surface area (Å²) in [7, 11) is 0. The molecule has 6 nitrogen and oxygen atoms in total. The third-order valence-electron chi connectivity index (χ3n) is 2.44. The molecule has 0 atom stereocenters. The van der Waals surface area contributed by atoms with Gasteiger partial charge in [-0.05, 0) is 49.2 Å². The molecule has 0 bridgehead atoms. The maximum absolute atomic E-state index is 5.86. The number of hydrogen-bond donors (Lipinski definition) is 1. The molecule has 0 aliphatic rings. The lowest BCUT2D eigenvalue weighted by atomic mass is 10.3. The highest BCUT2D eigenvalue weighted by Crippen LogP contribution is 2.20. The van der Waals surface area contributed by atoms with Gasteiger partial charge in [0.1, 0.15) is 5.75 Å². The predicted molar refractivity (Wildman–Crippen MR) is 81.5 cm³/mol. The number of ether oxygens (including phenoxy) is 2. The largest absolute Gasteiger partial charge is 0.494 e. The highest BCUT2D eigenvalue weighted by atomic mass is 35.5. The van der Waals surface area contributed by atoms with E-state index in [1.54, 1.807) is 0 Å². The predicted octanol–water partition coefficient (Wildman–Crippen LogP) is 3.46. The Morgan fingerprint density at radius 1 is 1.05 bits per heavy atom. The number of aromatic nitrogens is 3. The first kappa shape index (κ1) is 15.3. The lowest BCUT2D eigenvalue weighted by Crippen LogP contribution is -2.04. The summed E-state index contributed by atoms with van der Waals surface area (Å²) in [6.45, 7) is 5.11. The summed E-state index contributed by atoms with van der Waals surface area (Å²) < 4.78 is 10.7. The van der Waals surface area contributed by atoms with Gasteiger partial charge in [0.2, 0.25) is 11.2 Å². The average molecular weight is 309 g/mol. The molecule has 0 amide bonds. The van der Waals surface area contributed by atoms with Crippen molar-refractivity contribution < 1.29 is 9.47 Å². The Labute approximate surface area is 128 Å². The van der Waals surface area contributed by atoms with Gasteiger partial charge in [0.05, 0.1) is 13.2 Å². The van der Waals surface area contributed by atoms with E-state index in [0.717, 1.165) is 17.9 Å². The van der Waals surface area contributed by atoms with Crippen molar-refractivity contribution in [3.63, 3.8) is 0 Å². The molecule has 21 heavy (non-hydrogen) atoms. The fraction of sp³-hybridized carbons (Fsp3) is 0.357. The molecule has 0 radical (unpaired) electrons. The molecule has 0 saturated heterocycles. The van der Waals surface area contributed by atoms with Crippen molar-refractivity contribution in [1.29, 1.82) is 0 Å². The van der Waals surface area contributed by atoms with Crippen LogP contribution in [0.1, 0.15) is 20.3 Å². The van der Waals surface area contributed by atoms with Gasteiger partial charge in [-0.3, -0.25) is 0 Å². The van der Waals surface area contributed by atoms with Crippen LogP contribution in [-0.2, 0) is 0 Å². The van der Waals surface area contributed by atoms with E-state index in [1.165, 1.54) is 0 Å². The molecule has 1 aromatic carbocycles. The topological polar surface area (TPSA) is 69.2 Å². The SMILES string of the molecule is CCCOc1nc(Cl)nc(Nc2ccc(OCC)cc2)n1. The van der Waals surface area contributed by atoms with Crippen LogP contribution in [0.15, 0.2) is 24.3 Å². The van der Waals surface area contributed by atoms with E-state index in [1.807, 2.05) is 38.1 Å². The van der Waals surface area contributed by atoms with Gasteiger partial charge in [-0.1, -0.05) is 6.92 Å². The first-order valence-electron chi connectivity index (χ1n) is 6.75. The summed E-state index contributed by atoms with van der Waals surface area (Å²) in [4.78, 5) is 12.1. The van der Waals surface area contributed by atoms with Crippen LogP contribution in [0, 0.1) is 0 Å². The third-order valence-corrected chi connectivity index (χ3v) is 2.61. The molecule has 2 rings (SSSR count). The molecule has 112 valence electrons. The van der Waals surface area contributed by atoms with Gasteiger partial charge in [0.25, 0.3) is 0 Å². The van der Waals surface area contributed by atoms with Crippen LogP contribution in [0.25, 0.3) is 0 Å². The van der Waals surface area contributed by atoms with E-state index in [0.29, 0.717) is 19.2 Å². The third kappa shape index (κ3) is 4.75. The van der Waals surface area contributed by atoms with Gasteiger partial charge in [-0.25, -0.2) is 0 Å². The number of hydrogen-bond acceptors (Lipinski definition) is 6. The van der Waals surface area contributed by atoms with Crippen LogP contribution in [0.2, 0.25) is 5.28 Å². The van der Waals surface area contributed by atoms with Gasteiger partial charge in [0, 0.05) is 5.69 Å². The Hall–Kier alpha value is -2.08. The summed E-state index contributed by atoms with van der Waals surface area (Å²) >= 11 is 5.86. The Bertz CT molecular complexity index is 578. The summed E-state index contributed by atoms with van der Waals surface area (Å²) in [5.41, 5.74) is 0.821. The number of rotatable bonds is 7. The van der Waals surface area contributed by atoms with Gasteiger partial charge in [0.15, 0.2) is 0 Å². The summed E-state index contributed by atoms with van der Waals surface area (Å²) in [5, 5.41) is 3.14. The van der Waals surface area contributed by atoms with Crippen molar-refractivity contribution in [1.82, 2.24) is 15.0 Å². The minimum absolute atomic E-state index is 0.0875. The van der Waals surface area contributed by atoms with E-state index < -0.39 is 0 Å². The zero-order valence-electron chi connectivity index (χ0n) is 12.0. The quantitative estimate of drug-likeness (QED) is 0.844. The van der Waals surface area contributed by atoms with E-state index in [2.05, 4.69) is 20.3 Å². The molecule has 1 N–H and O–H groups in total. The molecule has 7 heteroatoms. The first-order chi connectivity index (χ1) is 10.2. The number of nitrogens with zero attached hydrogens (tertiary/aromatic N) is 3. The molecular formula is C14H17ClN4O2. The fourth-order valence-corrected chi connectivity index (χ4v) is 1.73. The Kier molecular flexibility index (Phi) is 5.57. The molecule has 2 aromatic rings. The van der Waals surface area contributed by atoms with Crippen molar-refractivity contribution >= 4 is 23.2 Å². The molecule has 1 aromatic heterocycles. The van der Waals surface area contributed by atoms with Crippen LogP contribution < -0.4 is 14.8 Å². The minimum Gasteiger partial charge on any atom is -0.494 e. The summed E-state index contributed by atoms with van der Waals surface area (Å²) in [6, 6.07) is 7.68. The van der Waals surface area contributed by atoms with Crippen LogP contribution in [0.5, 0.6) is 11.8 Å². The molecule has 0 unspecified atom stereocenters. The van der Waals surface area contributed by atoms with Gasteiger partial charge < -0.3 is 14.8 Å². The molecular weight excluding hydrogens is 292 g/mol. The molecule has 1 heterocycles. The van der Waals surface area contributed by atoms with Gasteiger partial charge in [-0.2, -0.15) is 15.0 Å². The number of benzene rings is 1. The molecule has 0 fully saturated rings. The Morgan fingerprint density at radius 2 is 1.81 bits per heavy atom. The van der Waals surface area contributed by atoms with Crippen LogP contribution >= 0.6 is 11.6 Å². The fourth-order valence-electron chi connectivity index (χ4n) is 1.58. The smallest absolute Gasteiger partial charge is 0.322 e. The zero-order chi connectivity index (χ0) is 15.1. The normalized spacial score (nSPS) is 10.2. The molecule has 0 aliphatic carbocycles. The lowest BCUT2D eigenvalue weighted by Gasteiger charge is -2.08. The monoisotopic (exact) mass is 308 g/mol. The van der Waals surface area contributed by atoms with E-state index >= 15 is 0 Å². The van der Waals surface area contributed by atoms with Gasteiger partial charge >= 0.3 is 6.01 Å². The summed E-state index contributed by atoms with van der Waals surface area (Å²) in [5.74, 6) is 1.15. The first-order valence-corrected chi connectivity index (χ1v) is 7.13. The van der Waals surface area contributed by atoms with Crippen LogP contribution in [0.3, 0.4) is 0 Å². The number of halogens is 1. The van der Waals surface area contributed by atoms with Gasteiger partial charge in [-0.15, -0.1) is 0 Å². The van der Waals surface area contributed by atoms with E-state index in [9.17, 15) is 0 Å². The molecule has 0 spiro atoms. The second kappa shape index (κ2) is 7.64. The molecule has 0 aliphatic heterocycles. The van der Waals surface area contributed by atoms with E-state index in [4.69, 9.17) is 21.1 Å². The zero-order valence-corrected chi connectivity index (χ0v) is 12.7. The maximum atomic E-state index is 5.86. The standard InChI is InChI=1S/C14H17ClN4O2/c1-3-9-21-14-18-12(15)17-13(19-14)16-10-5-7-11(8-6-10)20-4-2/h5-8H,3-4,9H2,1-2H3,(H,16,17,18,19). The number of nitrogens with one attached hydrogen (secondary N) is 1. The molecule has 0 saturated carbocycles. The van der Waals surface area contributed by atoms with Crippen molar-refractivity contribution in [2.45, 2.75) is 20.3 Å². The van der Waals surface area contributed by atoms with Crippen LogP contribution in [0.4, 0.5) is 11.6 Å². The Morgan fingerprint density at radius 3 is 2.48 bits per heavy atom. The summed E-state index contributed by atoms with van der Waals surface area (Å²) in [6.07, 6.45) is 0.866. The highest BCUT2D eigenvalue weighted by molar-refractivity contribution is 6.28. The average Bonchev–Trinajstić information content (AvgIpc) is 2.47. The van der Waals surface area contributed by atoms with Crippen molar-refractivity contribution in [3.05, 3.63) is 29.5 Å². The van der Waals surface area contributed by atoms with Crippen molar-refractivity contribution in [2.75, 3.05) is 18.5 Å². The lowest BCUT2D eigenvalue weighted by molar-refractivity contribution is 0.292. The Balaban J connectivity index is 2.09. The second-order valence-electron chi connectivity index (χ2n) is 4.14. The minimum atomic E-state index is 0.0875. The van der Waals surface area contributed by atoms with Crippen molar-refractivity contribution in [3.8, 4) is 11.8 Å². The van der Waals surface area contributed by atoms with Crippen LogP contribution in [-0.4, -0.2) is 28.2 Å². The van der Waals surface area contributed by atoms with Crippen molar-refractivity contribution in [2.24, 2.45) is 0 Å². The maximum Gasteiger partial charge on any atom is 0.322 e. The second-order valence-corrected chi connectivity index (χ2v) is 4.48. The number of anilines is 2. The highest BCUT2D eigenvalue weighted by Gasteiger charge is 2.06. The van der Waals surface area contributed by atoms with E-state index in [-0.39, 0.29) is 11.3 Å².